The van der Waals surface area contributed by atoms with E-state index in [0.29, 0.717) is 33.4 Å². The summed E-state index contributed by atoms with van der Waals surface area (Å²) < 4.78 is 6.88. The third-order valence-corrected chi connectivity index (χ3v) is 5.98. The molecule has 0 bridgehead atoms. The van der Waals surface area contributed by atoms with E-state index in [2.05, 4.69) is 5.32 Å². The fourth-order valence-electron chi connectivity index (χ4n) is 3.64. The van der Waals surface area contributed by atoms with Crippen LogP contribution in [-0.4, -0.2) is 51.8 Å². The first kappa shape index (κ1) is 23.8. The van der Waals surface area contributed by atoms with E-state index in [1.54, 1.807) is 45.0 Å². The zero-order chi connectivity index (χ0) is 23.8. The number of imide groups is 1. The second kappa shape index (κ2) is 8.96. The Kier molecular flexibility index (Phi) is 6.67. The lowest BCUT2D eigenvalue weighted by atomic mass is 9.99. The van der Waals surface area contributed by atoms with E-state index in [1.807, 2.05) is 11.5 Å². The monoisotopic (exact) mass is 479 g/mol. The molecule has 3 amide bonds. The lowest BCUT2D eigenvalue weighted by molar-refractivity contribution is -0.146. The summed E-state index contributed by atoms with van der Waals surface area (Å²) in [6.45, 7) is 5.85. The highest BCUT2D eigenvalue weighted by atomic mass is 35.5. The van der Waals surface area contributed by atoms with Gasteiger partial charge in [-0.15, -0.1) is 0 Å². The van der Waals surface area contributed by atoms with Crippen molar-refractivity contribution in [1.82, 2.24) is 14.8 Å². The Morgan fingerprint density at radius 3 is 2.28 bits per heavy atom. The molecule has 32 heavy (non-hydrogen) atoms. The average Bonchev–Trinajstić information content (AvgIpc) is 3.13. The first-order chi connectivity index (χ1) is 15.0. The molecule has 1 aromatic carbocycles. The number of nitrogens with one attached hydrogen (secondary N) is 1. The van der Waals surface area contributed by atoms with Crippen LogP contribution >= 0.6 is 23.2 Å². The Hall–Kier alpha value is -2.84. The van der Waals surface area contributed by atoms with Crippen molar-refractivity contribution in [2.75, 3.05) is 13.2 Å². The minimum atomic E-state index is -1.05. The van der Waals surface area contributed by atoms with Crippen LogP contribution in [-0.2, 0) is 14.3 Å². The molecule has 0 saturated carbocycles. The molecule has 1 aromatic heterocycles. The molecule has 10 heteroatoms. The van der Waals surface area contributed by atoms with E-state index in [4.69, 9.17) is 27.9 Å². The van der Waals surface area contributed by atoms with Crippen LogP contribution in [0.2, 0.25) is 10.0 Å². The summed E-state index contributed by atoms with van der Waals surface area (Å²) in [5.41, 5.74) is 1.43. The van der Waals surface area contributed by atoms with E-state index in [-0.39, 0.29) is 0 Å². The van der Waals surface area contributed by atoms with Gasteiger partial charge in [0.1, 0.15) is 12.1 Å². The summed E-state index contributed by atoms with van der Waals surface area (Å²) in [4.78, 5) is 50.1. The van der Waals surface area contributed by atoms with Crippen molar-refractivity contribution in [3.8, 4) is 5.69 Å². The lowest BCUT2D eigenvalue weighted by Gasteiger charge is -2.18. The number of hydrogen-bond donors (Lipinski definition) is 1. The van der Waals surface area contributed by atoms with Crippen LogP contribution in [0.5, 0.6) is 0 Å². The number of benzene rings is 1. The number of aryl methyl sites for hydroxylation is 1. The molecule has 0 unspecified atom stereocenters. The molecule has 1 aliphatic rings. The van der Waals surface area contributed by atoms with Gasteiger partial charge in [0.05, 0.1) is 0 Å². The van der Waals surface area contributed by atoms with Crippen molar-refractivity contribution < 1.29 is 23.9 Å². The van der Waals surface area contributed by atoms with Crippen LogP contribution in [0.25, 0.3) is 5.69 Å². The number of urea groups is 1. The van der Waals surface area contributed by atoms with Crippen molar-refractivity contribution in [2.45, 2.75) is 39.7 Å². The number of amides is 3. The molecule has 1 aliphatic heterocycles. The van der Waals surface area contributed by atoms with Gasteiger partial charge in [0.2, 0.25) is 5.78 Å². The minimum absolute atomic E-state index is 0.375. The normalized spacial score (nSPS) is 18.1. The Bertz CT molecular complexity index is 1110. The molecule has 0 aliphatic carbocycles. The van der Waals surface area contributed by atoms with Gasteiger partial charge in [-0.2, -0.15) is 0 Å². The molecule has 8 nitrogen and oxygen atoms in total. The Morgan fingerprint density at radius 1 is 1.09 bits per heavy atom. The molecule has 1 atom stereocenters. The maximum atomic E-state index is 12.7. The molecular formula is C22H23Cl2N3O5. The van der Waals surface area contributed by atoms with Gasteiger partial charge in [0.15, 0.2) is 6.61 Å². The fourth-order valence-corrected chi connectivity index (χ4v) is 4.15. The lowest BCUT2D eigenvalue weighted by Crippen LogP contribution is -2.43. The van der Waals surface area contributed by atoms with Gasteiger partial charge in [0, 0.05) is 32.7 Å². The summed E-state index contributed by atoms with van der Waals surface area (Å²) in [7, 11) is 0. The second-order valence-electron chi connectivity index (χ2n) is 7.84. The number of carbonyl (C=O) groups excluding carboxylic acids is 4. The third kappa shape index (κ3) is 4.52. The maximum Gasteiger partial charge on any atom is 0.326 e. The molecule has 2 heterocycles. The number of ketones is 1. The van der Waals surface area contributed by atoms with Gasteiger partial charge < -0.3 is 14.6 Å². The van der Waals surface area contributed by atoms with Crippen molar-refractivity contribution in [3.05, 3.63) is 51.3 Å². The van der Waals surface area contributed by atoms with Gasteiger partial charge in [-0.05, 0) is 51.5 Å². The molecular weight excluding hydrogens is 457 g/mol. The highest BCUT2D eigenvalue weighted by molar-refractivity contribution is 6.34. The number of esters is 1. The smallest absolute Gasteiger partial charge is 0.326 e. The number of nitrogens with zero attached hydrogens (tertiary/aromatic N) is 2. The summed E-state index contributed by atoms with van der Waals surface area (Å²) >= 11 is 12.2. The Labute approximate surface area is 195 Å². The number of ether oxygens (including phenoxy) is 1. The highest BCUT2D eigenvalue weighted by Crippen LogP contribution is 2.27. The van der Waals surface area contributed by atoms with Crippen molar-refractivity contribution in [3.63, 3.8) is 0 Å². The topological polar surface area (TPSA) is 97.7 Å². The van der Waals surface area contributed by atoms with Crippen LogP contribution < -0.4 is 5.32 Å². The molecule has 2 aromatic rings. The van der Waals surface area contributed by atoms with Gasteiger partial charge in [0.25, 0.3) is 5.91 Å². The molecule has 170 valence electrons. The zero-order valence-electron chi connectivity index (χ0n) is 18.1. The molecule has 1 saturated heterocycles. The number of halogens is 2. The quantitative estimate of drug-likeness (QED) is 0.369. The van der Waals surface area contributed by atoms with E-state index >= 15 is 0 Å². The second-order valence-corrected chi connectivity index (χ2v) is 8.71. The number of rotatable bonds is 7. The molecule has 1 fully saturated rings. The summed E-state index contributed by atoms with van der Waals surface area (Å²) in [6.07, 6.45) is 0.384. The van der Waals surface area contributed by atoms with E-state index in [1.165, 1.54) is 0 Å². The SMILES string of the molecule is CC[C@]1(C)NC(=O)N(CC(=O)OCC(=O)c2cc(C)n(-c3cc(Cl)cc(Cl)c3)c2C)C1=O. The summed E-state index contributed by atoms with van der Waals surface area (Å²) in [5, 5.41) is 3.48. The van der Waals surface area contributed by atoms with Crippen LogP contribution in [0.3, 0.4) is 0 Å². The van der Waals surface area contributed by atoms with E-state index in [0.717, 1.165) is 10.6 Å². The van der Waals surface area contributed by atoms with Gasteiger partial charge >= 0.3 is 12.0 Å². The molecule has 3 rings (SSSR count). The predicted molar refractivity (Wildman–Crippen MR) is 119 cm³/mol. The third-order valence-electron chi connectivity index (χ3n) is 5.54. The molecule has 0 spiro atoms. The van der Waals surface area contributed by atoms with Crippen LogP contribution in [0.1, 0.15) is 42.0 Å². The van der Waals surface area contributed by atoms with Gasteiger partial charge in [-0.25, -0.2) is 4.79 Å². The first-order valence-electron chi connectivity index (χ1n) is 9.95. The Morgan fingerprint density at radius 2 is 1.72 bits per heavy atom. The molecule has 1 N–H and O–H groups in total. The predicted octanol–water partition coefficient (Wildman–Crippen LogP) is 3.85. The zero-order valence-corrected chi connectivity index (χ0v) is 19.6. The van der Waals surface area contributed by atoms with Gasteiger partial charge in [-0.3, -0.25) is 19.3 Å². The fraction of sp³-hybridized carbons (Fsp3) is 0.364. The Balaban J connectivity index is 1.69. The van der Waals surface area contributed by atoms with Crippen molar-refractivity contribution >= 4 is 46.9 Å². The van der Waals surface area contributed by atoms with Gasteiger partial charge in [-0.1, -0.05) is 30.1 Å². The minimum Gasteiger partial charge on any atom is -0.456 e. The van der Waals surface area contributed by atoms with Crippen LogP contribution in [0.4, 0.5) is 4.79 Å². The number of carbonyl (C=O) groups is 4. The number of aromatic nitrogens is 1. The maximum absolute atomic E-state index is 12.7. The summed E-state index contributed by atoms with van der Waals surface area (Å²) in [5.74, 6) is -1.77. The van der Waals surface area contributed by atoms with Crippen LogP contribution in [0.15, 0.2) is 24.3 Å². The van der Waals surface area contributed by atoms with E-state index < -0.39 is 42.4 Å². The number of Topliss-reactive ketones (excluding diaryl/α,β-unsaturated/α-hetero) is 1. The first-order valence-corrected chi connectivity index (χ1v) is 10.7. The van der Waals surface area contributed by atoms with Crippen molar-refractivity contribution in [2.24, 2.45) is 0 Å². The van der Waals surface area contributed by atoms with Crippen LogP contribution in [0, 0.1) is 13.8 Å². The largest absolute Gasteiger partial charge is 0.456 e. The number of hydrogen-bond acceptors (Lipinski definition) is 5. The van der Waals surface area contributed by atoms with Crippen molar-refractivity contribution in [1.29, 1.82) is 0 Å². The van der Waals surface area contributed by atoms with E-state index in [9.17, 15) is 19.2 Å². The summed E-state index contributed by atoms with van der Waals surface area (Å²) in [6, 6.07) is 6.09. The highest BCUT2D eigenvalue weighted by Gasteiger charge is 2.47. The standard InChI is InChI=1S/C22H23Cl2N3O5/c1-5-22(4)20(30)26(21(31)25-22)10-19(29)32-11-18(28)17-6-12(2)27(13(17)3)16-8-14(23)7-15(24)9-16/h6-9H,5,10-11H2,1-4H3,(H,25,31)/t22-/m0/s1. The molecule has 0 radical (unpaired) electrons. The average molecular weight is 480 g/mol.